The van der Waals surface area contributed by atoms with Crippen molar-refractivity contribution < 1.29 is 0 Å². The van der Waals surface area contributed by atoms with E-state index in [-0.39, 0.29) is 0 Å². The fourth-order valence-corrected chi connectivity index (χ4v) is 2.83. The smallest absolute Gasteiger partial charge is 0.0313 e. The second kappa shape index (κ2) is 5.18. The Labute approximate surface area is 105 Å². The number of hydrogen-bond acceptors (Lipinski definition) is 2. The highest BCUT2D eigenvalue weighted by molar-refractivity contribution is 5.16. The van der Waals surface area contributed by atoms with Crippen molar-refractivity contribution in [3.05, 3.63) is 29.6 Å². The third-order valence-corrected chi connectivity index (χ3v) is 3.99. The Hall–Kier alpha value is -0.890. The second-order valence-corrected chi connectivity index (χ2v) is 6.04. The number of nitrogens with zero attached hydrogens (tertiary/aromatic N) is 1. The van der Waals surface area contributed by atoms with E-state index in [0.29, 0.717) is 11.5 Å². The minimum atomic E-state index is 0.440. The fraction of sp³-hybridized carbons (Fsp3) is 0.667. The molecule has 1 aliphatic carbocycles. The van der Waals surface area contributed by atoms with Gasteiger partial charge in [-0.05, 0) is 36.3 Å². The predicted octanol–water partition coefficient (Wildman–Crippen LogP) is 3.45. The highest BCUT2D eigenvalue weighted by atomic mass is 14.9. The van der Waals surface area contributed by atoms with Crippen molar-refractivity contribution in [2.75, 3.05) is 0 Å². The van der Waals surface area contributed by atoms with Gasteiger partial charge in [-0.1, -0.05) is 32.8 Å². The maximum atomic E-state index is 4.24. The summed E-state index contributed by atoms with van der Waals surface area (Å²) in [5, 5.41) is 3.72. The second-order valence-electron chi connectivity index (χ2n) is 6.04. The molecule has 1 atom stereocenters. The minimum Gasteiger partial charge on any atom is -0.309 e. The quantitative estimate of drug-likeness (QED) is 0.863. The first-order valence-electron chi connectivity index (χ1n) is 6.72. The molecule has 1 unspecified atom stereocenters. The number of hydrogen-bond donors (Lipinski definition) is 1. The van der Waals surface area contributed by atoms with Gasteiger partial charge in [-0.15, -0.1) is 0 Å². The average molecular weight is 232 g/mol. The Morgan fingerprint density at radius 1 is 1.35 bits per heavy atom. The van der Waals surface area contributed by atoms with Gasteiger partial charge < -0.3 is 5.32 Å². The van der Waals surface area contributed by atoms with Crippen molar-refractivity contribution in [1.29, 1.82) is 0 Å². The molecule has 0 saturated heterocycles. The topological polar surface area (TPSA) is 24.9 Å². The standard InChI is InChI=1S/C15H24N2/c1-12-8-13(10-16-9-12)11-17-14-6-4-5-7-15(14,2)3/h8-10,14,17H,4-7,11H2,1-3H3. The molecule has 0 amide bonds. The number of aromatic nitrogens is 1. The lowest BCUT2D eigenvalue weighted by atomic mass is 9.73. The van der Waals surface area contributed by atoms with Crippen molar-refractivity contribution in [1.82, 2.24) is 10.3 Å². The van der Waals surface area contributed by atoms with Crippen LogP contribution in [0.4, 0.5) is 0 Å². The zero-order chi connectivity index (χ0) is 12.3. The van der Waals surface area contributed by atoms with Crippen molar-refractivity contribution in [3.63, 3.8) is 0 Å². The highest BCUT2D eigenvalue weighted by Crippen LogP contribution is 2.35. The molecule has 1 aromatic rings. The number of pyridine rings is 1. The monoisotopic (exact) mass is 232 g/mol. The third kappa shape index (κ3) is 3.29. The van der Waals surface area contributed by atoms with Gasteiger partial charge in [-0.3, -0.25) is 4.98 Å². The Bertz CT molecular complexity index is 371. The number of rotatable bonds is 3. The van der Waals surface area contributed by atoms with E-state index in [9.17, 15) is 0 Å². The van der Waals surface area contributed by atoms with Crippen LogP contribution in [0.15, 0.2) is 18.5 Å². The van der Waals surface area contributed by atoms with E-state index >= 15 is 0 Å². The minimum absolute atomic E-state index is 0.440. The summed E-state index contributed by atoms with van der Waals surface area (Å²) in [6.45, 7) is 7.82. The van der Waals surface area contributed by atoms with Gasteiger partial charge in [0.1, 0.15) is 0 Å². The van der Waals surface area contributed by atoms with Crippen LogP contribution in [0.2, 0.25) is 0 Å². The Morgan fingerprint density at radius 2 is 2.18 bits per heavy atom. The van der Waals surface area contributed by atoms with Crippen LogP contribution in [0.3, 0.4) is 0 Å². The Balaban J connectivity index is 1.93. The molecule has 1 saturated carbocycles. The Morgan fingerprint density at radius 3 is 2.88 bits per heavy atom. The molecule has 1 aliphatic rings. The SMILES string of the molecule is Cc1cncc(CNC2CCCCC2(C)C)c1. The fourth-order valence-electron chi connectivity index (χ4n) is 2.83. The first kappa shape index (κ1) is 12.6. The Kier molecular flexibility index (Phi) is 3.82. The average Bonchev–Trinajstić information content (AvgIpc) is 2.27. The van der Waals surface area contributed by atoms with Crippen LogP contribution in [-0.4, -0.2) is 11.0 Å². The zero-order valence-electron chi connectivity index (χ0n) is 11.3. The van der Waals surface area contributed by atoms with E-state index in [1.54, 1.807) is 0 Å². The molecule has 0 spiro atoms. The maximum Gasteiger partial charge on any atom is 0.0313 e. The van der Waals surface area contributed by atoms with Crippen molar-refractivity contribution in [3.8, 4) is 0 Å². The van der Waals surface area contributed by atoms with Gasteiger partial charge in [0.15, 0.2) is 0 Å². The summed E-state index contributed by atoms with van der Waals surface area (Å²) >= 11 is 0. The van der Waals surface area contributed by atoms with Crippen LogP contribution in [-0.2, 0) is 6.54 Å². The predicted molar refractivity (Wildman–Crippen MR) is 71.9 cm³/mol. The van der Waals surface area contributed by atoms with Crippen molar-refractivity contribution in [2.24, 2.45) is 5.41 Å². The van der Waals surface area contributed by atoms with E-state index in [4.69, 9.17) is 0 Å². The molecule has 0 aliphatic heterocycles. The van der Waals surface area contributed by atoms with E-state index in [1.165, 1.54) is 36.8 Å². The van der Waals surface area contributed by atoms with Crippen LogP contribution in [0.25, 0.3) is 0 Å². The van der Waals surface area contributed by atoms with Crippen LogP contribution in [0.1, 0.15) is 50.7 Å². The van der Waals surface area contributed by atoms with Gasteiger partial charge in [0.2, 0.25) is 0 Å². The van der Waals surface area contributed by atoms with Crippen molar-refractivity contribution >= 4 is 0 Å². The summed E-state index contributed by atoms with van der Waals surface area (Å²) in [5.41, 5.74) is 2.98. The van der Waals surface area contributed by atoms with Crippen LogP contribution < -0.4 is 5.32 Å². The lowest BCUT2D eigenvalue weighted by molar-refractivity contribution is 0.166. The summed E-state index contributed by atoms with van der Waals surface area (Å²) in [6, 6.07) is 2.87. The van der Waals surface area contributed by atoms with E-state index in [2.05, 4.69) is 37.1 Å². The largest absolute Gasteiger partial charge is 0.309 e. The molecule has 0 radical (unpaired) electrons. The maximum absolute atomic E-state index is 4.24. The van der Waals surface area contributed by atoms with Crippen LogP contribution in [0.5, 0.6) is 0 Å². The molecule has 2 rings (SSSR count). The molecule has 1 heterocycles. The summed E-state index contributed by atoms with van der Waals surface area (Å²) in [4.78, 5) is 4.24. The van der Waals surface area contributed by atoms with Gasteiger partial charge in [-0.25, -0.2) is 0 Å². The van der Waals surface area contributed by atoms with Gasteiger partial charge in [0.25, 0.3) is 0 Å². The normalized spacial score (nSPS) is 23.6. The van der Waals surface area contributed by atoms with Gasteiger partial charge in [-0.2, -0.15) is 0 Å². The highest BCUT2D eigenvalue weighted by Gasteiger charge is 2.31. The molecular weight excluding hydrogens is 208 g/mol. The lowest BCUT2D eigenvalue weighted by Crippen LogP contribution is -2.43. The molecule has 2 heteroatoms. The summed E-state index contributed by atoms with van der Waals surface area (Å²) in [7, 11) is 0. The first-order valence-corrected chi connectivity index (χ1v) is 6.72. The van der Waals surface area contributed by atoms with Gasteiger partial charge in [0, 0.05) is 25.0 Å². The molecular formula is C15H24N2. The molecule has 0 aromatic carbocycles. The van der Waals surface area contributed by atoms with E-state index < -0.39 is 0 Å². The summed E-state index contributed by atoms with van der Waals surface area (Å²) in [6.07, 6.45) is 9.29. The molecule has 1 aromatic heterocycles. The molecule has 1 fully saturated rings. The molecule has 1 N–H and O–H groups in total. The summed E-state index contributed by atoms with van der Waals surface area (Å²) in [5.74, 6) is 0. The van der Waals surface area contributed by atoms with Gasteiger partial charge in [0.05, 0.1) is 0 Å². The molecule has 2 nitrogen and oxygen atoms in total. The van der Waals surface area contributed by atoms with Crippen LogP contribution >= 0.6 is 0 Å². The summed E-state index contributed by atoms with van der Waals surface area (Å²) < 4.78 is 0. The molecule has 17 heavy (non-hydrogen) atoms. The molecule has 94 valence electrons. The molecule has 0 bridgehead atoms. The number of nitrogens with one attached hydrogen (secondary N) is 1. The first-order chi connectivity index (χ1) is 8.08. The van der Waals surface area contributed by atoms with Crippen molar-refractivity contribution in [2.45, 2.75) is 59.0 Å². The van der Waals surface area contributed by atoms with Crippen LogP contribution in [0, 0.1) is 12.3 Å². The lowest BCUT2D eigenvalue weighted by Gasteiger charge is -2.39. The van der Waals surface area contributed by atoms with E-state index in [1.807, 2.05) is 12.4 Å². The number of aryl methyl sites for hydroxylation is 1. The van der Waals surface area contributed by atoms with E-state index in [0.717, 1.165) is 6.54 Å². The zero-order valence-corrected chi connectivity index (χ0v) is 11.3. The third-order valence-electron chi connectivity index (χ3n) is 3.99. The van der Waals surface area contributed by atoms with Gasteiger partial charge >= 0.3 is 0 Å².